The van der Waals surface area contributed by atoms with Crippen molar-refractivity contribution in [3.8, 4) is 17.1 Å². The Hall–Kier alpha value is -2.89. The van der Waals surface area contributed by atoms with Gasteiger partial charge in [-0.05, 0) is 29.0 Å². The van der Waals surface area contributed by atoms with Gasteiger partial charge in [0.25, 0.3) is 0 Å². The molecule has 2 aromatic carbocycles. The van der Waals surface area contributed by atoms with E-state index in [1.54, 1.807) is 18.2 Å². The summed E-state index contributed by atoms with van der Waals surface area (Å²) in [5.41, 5.74) is 0.739. The number of ether oxygens (including phenoxy) is 1. The Bertz CT molecular complexity index is 848. The molecule has 0 atom stereocenters. The molecular formula is C14H10N2O4. The number of fused-ring (bicyclic) bond motifs is 1. The van der Waals surface area contributed by atoms with Gasteiger partial charge in [0.05, 0.1) is 0 Å². The summed E-state index contributed by atoms with van der Waals surface area (Å²) in [5, 5.41) is 5.49. The standard InChI is InChI=1S/C14H10N2O4/c1-8(17)19-12-5-4-9-6-11(3-2-10(9)7-12)13-15-14(18)20-16-13/h2-7H,1H3,(H,15,16,18). The van der Waals surface area contributed by atoms with E-state index in [1.807, 2.05) is 18.2 Å². The van der Waals surface area contributed by atoms with Crippen LogP contribution in [0, 0.1) is 0 Å². The third-order valence-corrected chi connectivity index (χ3v) is 2.79. The van der Waals surface area contributed by atoms with Crippen molar-refractivity contribution < 1.29 is 14.1 Å². The highest BCUT2D eigenvalue weighted by Crippen LogP contribution is 2.25. The van der Waals surface area contributed by atoms with Crippen LogP contribution in [0.25, 0.3) is 22.2 Å². The Morgan fingerprint density at radius 2 is 1.95 bits per heavy atom. The van der Waals surface area contributed by atoms with E-state index in [1.165, 1.54) is 6.92 Å². The molecule has 0 amide bonds. The van der Waals surface area contributed by atoms with Crippen LogP contribution >= 0.6 is 0 Å². The van der Waals surface area contributed by atoms with Gasteiger partial charge in [0.1, 0.15) is 5.75 Å². The molecule has 3 aromatic rings. The predicted molar refractivity (Wildman–Crippen MR) is 71.4 cm³/mol. The number of H-pyrrole nitrogens is 1. The van der Waals surface area contributed by atoms with Gasteiger partial charge in [0.15, 0.2) is 5.82 Å². The van der Waals surface area contributed by atoms with Crippen LogP contribution in [0.3, 0.4) is 0 Å². The van der Waals surface area contributed by atoms with E-state index >= 15 is 0 Å². The molecule has 1 aromatic heterocycles. The van der Waals surface area contributed by atoms with Gasteiger partial charge in [-0.1, -0.05) is 23.4 Å². The number of rotatable bonds is 2. The number of nitrogens with one attached hydrogen (secondary N) is 1. The monoisotopic (exact) mass is 270 g/mol. The molecule has 1 heterocycles. The lowest BCUT2D eigenvalue weighted by molar-refractivity contribution is -0.131. The highest BCUT2D eigenvalue weighted by Gasteiger charge is 2.06. The molecule has 100 valence electrons. The molecule has 0 aliphatic rings. The zero-order valence-corrected chi connectivity index (χ0v) is 10.5. The van der Waals surface area contributed by atoms with Crippen LogP contribution < -0.4 is 10.5 Å². The first-order chi connectivity index (χ1) is 9.61. The van der Waals surface area contributed by atoms with Crippen LogP contribution in [0.4, 0.5) is 0 Å². The van der Waals surface area contributed by atoms with Crippen molar-refractivity contribution in [1.82, 2.24) is 10.1 Å². The van der Waals surface area contributed by atoms with Crippen molar-refractivity contribution in [2.75, 3.05) is 0 Å². The maximum Gasteiger partial charge on any atom is 0.439 e. The Morgan fingerprint density at radius 1 is 1.20 bits per heavy atom. The largest absolute Gasteiger partial charge is 0.439 e. The summed E-state index contributed by atoms with van der Waals surface area (Å²) in [6.07, 6.45) is 0. The smallest absolute Gasteiger partial charge is 0.427 e. The van der Waals surface area contributed by atoms with Gasteiger partial charge in [-0.3, -0.25) is 14.3 Å². The van der Waals surface area contributed by atoms with Crippen molar-refractivity contribution in [3.63, 3.8) is 0 Å². The Kier molecular flexibility index (Phi) is 2.83. The molecule has 0 saturated carbocycles. The molecule has 1 N–H and O–H groups in total. The predicted octanol–water partition coefficient (Wildman–Crippen LogP) is 2.11. The normalized spacial score (nSPS) is 10.7. The van der Waals surface area contributed by atoms with Crippen LogP contribution in [0.5, 0.6) is 5.75 Å². The van der Waals surface area contributed by atoms with Gasteiger partial charge in [-0.15, -0.1) is 0 Å². The van der Waals surface area contributed by atoms with Gasteiger partial charge < -0.3 is 4.74 Å². The average Bonchev–Trinajstić information content (AvgIpc) is 2.84. The molecular weight excluding hydrogens is 260 g/mol. The van der Waals surface area contributed by atoms with Gasteiger partial charge in [0, 0.05) is 12.5 Å². The minimum atomic E-state index is -0.592. The quantitative estimate of drug-likeness (QED) is 0.569. The van der Waals surface area contributed by atoms with Crippen molar-refractivity contribution in [2.45, 2.75) is 6.92 Å². The lowest BCUT2D eigenvalue weighted by Crippen LogP contribution is -2.00. The lowest BCUT2D eigenvalue weighted by atomic mass is 10.1. The number of esters is 1. The molecule has 0 bridgehead atoms. The Balaban J connectivity index is 2.04. The van der Waals surface area contributed by atoms with Gasteiger partial charge >= 0.3 is 11.7 Å². The minimum Gasteiger partial charge on any atom is -0.427 e. The fourth-order valence-corrected chi connectivity index (χ4v) is 1.95. The molecule has 20 heavy (non-hydrogen) atoms. The second kappa shape index (κ2) is 4.65. The van der Waals surface area contributed by atoms with E-state index in [9.17, 15) is 9.59 Å². The maximum absolute atomic E-state index is 10.9. The fourth-order valence-electron chi connectivity index (χ4n) is 1.95. The number of carbonyl (C=O) groups excluding carboxylic acids is 1. The molecule has 0 spiro atoms. The van der Waals surface area contributed by atoms with E-state index in [4.69, 9.17) is 4.74 Å². The van der Waals surface area contributed by atoms with E-state index < -0.39 is 5.76 Å². The van der Waals surface area contributed by atoms with E-state index in [0.29, 0.717) is 11.6 Å². The number of nitrogens with zero attached hydrogens (tertiary/aromatic N) is 1. The first kappa shape index (κ1) is 12.2. The number of carbonyl (C=O) groups is 1. The summed E-state index contributed by atoms with van der Waals surface area (Å²) in [4.78, 5) is 24.3. The van der Waals surface area contributed by atoms with Crippen LogP contribution in [0.15, 0.2) is 45.7 Å². The summed E-state index contributed by atoms with van der Waals surface area (Å²) >= 11 is 0. The molecule has 0 aliphatic heterocycles. The van der Waals surface area contributed by atoms with E-state index in [-0.39, 0.29) is 5.97 Å². The Morgan fingerprint density at radius 3 is 2.65 bits per heavy atom. The highest BCUT2D eigenvalue weighted by molar-refractivity contribution is 5.88. The topological polar surface area (TPSA) is 85.2 Å². The number of benzene rings is 2. The average molecular weight is 270 g/mol. The third-order valence-electron chi connectivity index (χ3n) is 2.79. The lowest BCUT2D eigenvalue weighted by Gasteiger charge is -2.04. The number of hydrogen-bond donors (Lipinski definition) is 1. The van der Waals surface area contributed by atoms with Crippen LogP contribution in [0.1, 0.15) is 6.92 Å². The van der Waals surface area contributed by atoms with Crippen molar-refractivity contribution in [2.24, 2.45) is 0 Å². The fraction of sp³-hybridized carbons (Fsp3) is 0.0714. The van der Waals surface area contributed by atoms with E-state index in [0.717, 1.165) is 16.3 Å². The van der Waals surface area contributed by atoms with Gasteiger partial charge in [-0.25, -0.2) is 4.79 Å². The second-order valence-corrected chi connectivity index (χ2v) is 4.26. The number of aromatic nitrogens is 2. The summed E-state index contributed by atoms with van der Waals surface area (Å²) in [6.45, 7) is 1.36. The first-order valence-corrected chi connectivity index (χ1v) is 5.90. The van der Waals surface area contributed by atoms with Crippen molar-refractivity contribution >= 4 is 16.7 Å². The van der Waals surface area contributed by atoms with Crippen molar-refractivity contribution in [3.05, 3.63) is 46.9 Å². The number of aromatic amines is 1. The summed E-state index contributed by atoms with van der Waals surface area (Å²) in [7, 11) is 0. The van der Waals surface area contributed by atoms with Crippen LogP contribution in [0.2, 0.25) is 0 Å². The summed E-state index contributed by atoms with van der Waals surface area (Å²) in [5.74, 6) is -0.0833. The molecule has 3 rings (SSSR count). The molecule has 0 unspecified atom stereocenters. The zero-order valence-electron chi connectivity index (χ0n) is 10.5. The Labute approximate surface area is 113 Å². The summed E-state index contributed by atoms with van der Waals surface area (Å²) < 4.78 is 9.50. The van der Waals surface area contributed by atoms with E-state index in [2.05, 4.69) is 14.7 Å². The molecule has 0 saturated heterocycles. The summed E-state index contributed by atoms with van der Waals surface area (Å²) in [6, 6.07) is 10.8. The molecule has 6 nitrogen and oxygen atoms in total. The SMILES string of the molecule is CC(=O)Oc1ccc2cc(-c3noc(=O)[nH]3)ccc2c1. The maximum atomic E-state index is 10.9. The number of hydrogen-bond acceptors (Lipinski definition) is 5. The zero-order chi connectivity index (χ0) is 14.1. The molecule has 0 aliphatic carbocycles. The molecule has 6 heteroatoms. The third kappa shape index (κ3) is 2.31. The van der Waals surface area contributed by atoms with Crippen LogP contribution in [-0.2, 0) is 4.79 Å². The first-order valence-electron chi connectivity index (χ1n) is 5.90. The molecule has 0 fully saturated rings. The van der Waals surface area contributed by atoms with Crippen molar-refractivity contribution in [1.29, 1.82) is 0 Å². The van der Waals surface area contributed by atoms with Gasteiger partial charge in [0.2, 0.25) is 0 Å². The minimum absolute atomic E-state index is 0.360. The highest BCUT2D eigenvalue weighted by atomic mass is 16.5. The van der Waals surface area contributed by atoms with Crippen LogP contribution in [-0.4, -0.2) is 16.1 Å². The molecule has 0 radical (unpaired) electrons. The van der Waals surface area contributed by atoms with Gasteiger partial charge in [-0.2, -0.15) is 0 Å². The second-order valence-electron chi connectivity index (χ2n) is 4.26.